The van der Waals surface area contributed by atoms with E-state index in [1.807, 2.05) is 0 Å². The first-order valence-electron chi connectivity index (χ1n) is 9.02. The summed E-state index contributed by atoms with van der Waals surface area (Å²) in [5.74, 6) is -0.813. The van der Waals surface area contributed by atoms with Crippen LogP contribution in [0.25, 0.3) is 10.8 Å². The smallest absolute Gasteiger partial charge is 0.270 e. The third kappa shape index (κ3) is 3.81. The third-order valence-electron chi connectivity index (χ3n) is 4.67. The summed E-state index contributed by atoms with van der Waals surface area (Å²) in [5.41, 5.74) is 5.91. The number of imide groups is 1. The van der Waals surface area contributed by atoms with Crippen LogP contribution in [0.1, 0.15) is 40.0 Å². The predicted molar refractivity (Wildman–Crippen MR) is 102 cm³/mol. The molecule has 0 saturated heterocycles. The van der Waals surface area contributed by atoms with Crippen LogP contribution >= 0.6 is 0 Å². The van der Waals surface area contributed by atoms with E-state index in [4.69, 9.17) is 5.73 Å². The lowest BCUT2D eigenvalue weighted by molar-refractivity contribution is -0.384. The monoisotopic (exact) mass is 370 g/mol. The van der Waals surface area contributed by atoms with Gasteiger partial charge in [0.2, 0.25) is 0 Å². The number of non-ortho nitro benzene ring substituents is 1. The Balaban J connectivity index is 1.78. The van der Waals surface area contributed by atoms with Crippen LogP contribution in [0.15, 0.2) is 30.3 Å². The molecule has 2 aromatic carbocycles. The number of amides is 2. The Kier molecular flexibility index (Phi) is 5.78. The van der Waals surface area contributed by atoms with Crippen molar-refractivity contribution < 1.29 is 14.5 Å². The number of hydrogen-bond donors (Lipinski definition) is 2. The van der Waals surface area contributed by atoms with E-state index in [1.54, 1.807) is 18.2 Å². The van der Waals surface area contributed by atoms with Gasteiger partial charge in [0.05, 0.1) is 10.5 Å². The molecule has 3 N–H and O–H groups in total. The van der Waals surface area contributed by atoms with Crippen molar-refractivity contribution in [1.82, 2.24) is 10.2 Å². The lowest BCUT2D eigenvalue weighted by atomic mass is 9.93. The number of carbonyl (C=O) groups is 2. The van der Waals surface area contributed by atoms with Gasteiger partial charge in [-0.1, -0.05) is 12.1 Å². The van der Waals surface area contributed by atoms with E-state index in [1.165, 1.54) is 17.0 Å². The lowest BCUT2D eigenvalue weighted by Crippen LogP contribution is -2.41. The number of carbonyl (C=O) groups excluding carboxylic acids is 2. The van der Waals surface area contributed by atoms with Crippen molar-refractivity contribution in [2.24, 2.45) is 5.73 Å². The highest BCUT2D eigenvalue weighted by atomic mass is 16.6. The van der Waals surface area contributed by atoms with E-state index in [-0.39, 0.29) is 23.7 Å². The van der Waals surface area contributed by atoms with Gasteiger partial charge in [0.15, 0.2) is 0 Å². The minimum absolute atomic E-state index is 0.151. The maximum atomic E-state index is 12.8. The first kappa shape index (κ1) is 18.9. The molecule has 0 atom stereocenters. The average molecular weight is 370 g/mol. The summed E-state index contributed by atoms with van der Waals surface area (Å²) in [4.78, 5) is 37.5. The van der Waals surface area contributed by atoms with Crippen LogP contribution in [0.5, 0.6) is 0 Å². The van der Waals surface area contributed by atoms with Gasteiger partial charge in [-0.05, 0) is 50.3 Å². The number of unbranched alkanes of at least 4 members (excludes halogenated alkanes) is 1. The zero-order chi connectivity index (χ0) is 19.4. The van der Waals surface area contributed by atoms with E-state index >= 15 is 0 Å². The molecule has 1 heterocycles. The van der Waals surface area contributed by atoms with Gasteiger partial charge in [-0.3, -0.25) is 24.6 Å². The molecule has 0 radical (unpaired) electrons. The number of hydrogen-bond acceptors (Lipinski definition) is 6. The van der Waals surface area contributed by atoms with Crippen LogP contribution in [0, 0.1) is 10.1 Å². The van der Waals surface area contributed by atoms with E-state index in [0.29, 0.717) is 29.3 Å². The maximum absolute atomic E-state index is 12.8. The molecule has 142 valence electrons. The van der Waals surface area contributed by atoms with Gasteiger partial charge in [-0.15, -0.1) is 0 Å². The van der Waals surface area contributed by atoms with Gasteiger partial charge < -0.3 is 11.1 Å². The highest BCUT2D eigenvalue weighted by Gasteiger charge is 2.33. The molecule has 0 unspecified atom stereocenters. The predicted octanol–water partition coefficient (Wildman–Crippen LogP) is 2.06. The van der Waals surface area contributed by atoms with Crippen LogP contribution in [0.4, 0.5) is 5.69 Å². The largest absolute Gasteiger partial charge is 0.330 e. The molecule has 0 bridgehead atoms. The summed E-state index contributed by atoms with van der Waals surface area (Å²) < 4.78 is 0. The number of rotatable bonds is 9. The Morgan fingerprint density at radius 1 is 1.04 bits per heavy atom. The number of nitrogens with one attached hydrogen (secondary N) is 1. The molecule has 1 aliphatic rings. The van der Waals surface area contributed by atoms with Crippen LogP contribution in [0.3, 0.4) is 0 Å². The molecule has 0 aromatic heterocycles. The summed E-state index contributed by atoms with van der Waals surface area (Å²) in [6.07, 6.45) is 2.38. The quantitative estimate of drug-likeness (QED) is 0.302. The molecule has 27 heavy (non-hydrogen) atoms. The fourth-order valence-corrected chi connectivity index (χ4v) is 3.32. The van der Waals surface area contributed by atoms with E-state index in [9.17, 15) is 19.7 Å². The number of nitro benzene ring substituents is 1. The SMILES string of the molecule is NCCCNCCCCN1C(=O)c2cccc3cc([N+](=O)[O-])cc(c23)C1=O. The molecule has 0 fully saturated rings. The Hall–Kier alpha value is -2.84. The minimum Gasteiger partial charge on any atom is -0.330 e. The summed E-state index contributed by atoms with van der Waals surface area (Å²) >= 11 is 0. The van der Waals surface area contributed by atoms with Crippen molar-refractivity contribution in [2.75, 3.05) is 26.2 Å². The van der Waals surface area contributed by atoms with Gasteiger partial charge in [0.1, 0.15) is 0 Å². The topological polar surface area (TPSA) is 119 Å². The number of nitro groups is 1. The van der Waals surface area contributed by atoms with E-state index in [0.717, 1.165) is 25.9 Å². The number of nitrogens with two attached hydrogens (primary N) is 1. The van der Waals surface area contributed by atoms with Crippen molar-refractivity contribution in [3.05, 3.63) is 51.6 Å². The fraction of sp³-hybridized carbons (Fsp3) is 0.368. The summed E-state index contributed by atoms with van der Waals surface area (Å²) in [6.45, 7) is 2.56. The molecule has 0 aliphatic carbocycles. The molecule has 3 rings (SSSR count). The Bertz CT molecular complexity index is 897. The minimum atomic E-state index is -0.524. The normalized spacial score (nSPS) is 13.4. The van der Waals surface area contributed by atoms with Gasteiger partial charge >= 0.3 is 0 Å². The summed E-state index contributed by atoms with van der Waals surface area (Å²) in [5, 5.41) is 15.5. The lowest BCUT2D eigenvalue weighted by Gasteiger charge is -2.27. The standard InChI is InChI=1S/C19H22N4O4/c20-7-4-9-21-8-1-2-10-22-18(24)15-6-3-5-13-11-14(23(26)27)12-16(17(13)15)19(22)25/h3,5-6,11-12,21H,1-2,4,7-10,20H2. The number of benzene rings is 2. The molecule has 2 aromatic rings. The maximum Gasteiger partial charge on any atom is 0.270 e. The summed E-state index contributed by atoms with van der Waals surface area (Å²) in [6, 6.07) is 7.68. The first-order chi connectivity index (χ1) is 13.0. The zero-order valence-corrected chi connectivity index (χ0v) is 14.9. The van der Waals surface area contributed by atoms with Gasteiger partial charge in [-0.2, -0.15) is 0 Å². The highest BCUT2D eigenvalue weighted by molar-refractivity contribution is 6.25. The Morgan fingerprint density at radius 2 is 1.78 bits per heavy atom. The van der Waals surface area contributed by atoms with Crippen LogP contribution in [0.2, 0.25) is 0 Å². The summed E-state index contributed by atoms with van der Waals surface area (Å²) in [7, 11) is 0. The second kappa shape index (κ2) is 8.24. The molecule has 8 heteroatoms. The molecule has 1 aliphatic heterocycles. The van der Waals surface area contributed by atoms with Gasteiger partial charge in [0, 0.05) is 29.6 Å². The average Bonchev–Trinajstić information content (AvgIpc) is 2.67. The van der Waals surface area contributed by atoms with E-state index < -0.39 is 10.8 Å². The zero-order valence-electron chi connectivity index (χ0n) is 14.9. The Morgan fingerprint density at radius 3 is 2.52 bits per heavy atom. The fourth-order valence-electron chi connectivity index (χ4n) is 3.32. The van der Waals surface area contributed by atoms with Crippen LogP contribution in [-0.4, -0.2) is 47.8 Å². The van der Waals surface area contributed by atoms with Crippen molar-refractivity contribution in [1.29, 1.82) is 0 Å². The molecular formula is C19H22N4O4. The van der Waals surface area contributed by atoms with Crippen LogP contribution < -0.4 is 11.1 Å². The van der Waals surface area contributed by atoms with Crippen molar-refractivity contribution in [3.63, 3.8) is 0 Å². The van der Waals surface area contributed by atoms with Crippen LogP contribution in [-0.2, 0) is 0 Å². The molecule has 8 nitrogen and oxygen atoms in total. The first-order valence-corrected chi connectivity index (χ1v) is 9.02. The highest BCUT2D eigenvalue weighted by Crippen LogP contribution is 2.33. The molecule has 0 spiro atoms. The Labute approximate surface area is 156 Å². The van der Waals surface area contributed by atoms with Gasteiger partial charge in [0.25, 0.3) is 17.5 Å². The van der Waals surface area contributed by atoms with Crippen molar-refractivity contribution >= 4 is 28.3 Å². The van der Waals surface area contributed by atoms with Crippen molar-refractivity contribution in [3.8, 4) is 0 Å². The molecule has 2 amide bonds. The van der Waals surface area contributed by atoms with Crippen molar-refractivity contribution in [2.45, 2.75) is 19.3 Å². The second-order valence-electron chi connectivity index (χ2n) is 6.52. The second-order valence-corrected chi connectivity index (χ2v) is 6.52. The molecule has 0 saturated carbocycles. The third-order valence-corrected chi connectivity index (χ3v) is 4.67. The van der Waals surface area contributed by atoms with Gasteiger partial charge in [-0.25, -0.2) is 0 Å². The number of nitrogens with zero attached hydrogens (tertiary/aromatic N) is 2. The van der Waals surface area contributed by atoms with E-state index in [2.05, 4.69) is 5.32 Å². The molecular weight excluding hydrogens is 348 g/mol.